The zero-order valence-electron chi connectivity index (χ0n) is 14.8. The van der Waals surface area contributed by atoms with Gasteiger partial charge in [-0.1, -0.05) is 6.07 Å². The van der Waals surface area contributed by atoms with Gasteiger partial charge >= 0.3 is 6.18 Å². The van der Waals surface area contributed by atoms with E-state index in [0.29, 0.717) is 32.0 Å². The van der Waals surface area contributed by atoms with Gasteiger partial charge in [0.25, 0.3) is 10.0 Å². The summed E-state index contributed by atoms with van der Waals surface area (Å²) >= 11 is 0. The van der Waals surface area contributed by atoms with Crippen LogP contribution < -0.4 is 4.72 Å². The lowest BCUT2D eigenvalue weighted by Gasteiger charge is -2.17. The number of alkyl halides is 3. The molecule has 0 atom stereocenters. The highest BCUT2D eigenvalue weighted by molar-refractivity contribution is 7.92. The molecule has 0 radical (unpaired) electrons. The molecule has 12 heteroatoms. The summed E-state index contributed by atoms with van der Waals surface area (Å²) in [5, 5.41) is 9.94. The van der Waals surface area contributed by atoms with Crippen molar-refractivity contribution < 1.29 is 35.1 Å². The Morgan fingerprint density at radius 3 is 2.21 bits per heavy atom. The molecule has 0 spiro atoms. The number of hydrogen-bond acceptors (Lipinski definition) is 5. The van der Waals surface area contributed by atoms with Crippen LogP contribution in [0.15, 0.2) is 52.3 Å². The van der Waals surface area contributed by atoms with Gasteiger partial charge in [-0.05, 0) is 49.2 Å². The van der Waals surface area contributed by atoms with Crippen LogP contribution in [-0.2, 0) is 26.2 Å². The lowest BCUT2D eigenvalue weighted by molar-refractivity contribution is -0.137. The molecule has 0 amide bonds. The minimum absolute atomic E-state index is 0.237. The molecule has 3 rings (SSSR count). The average molecular weight is 450 g/mol. The smallest absolute Gasteiger partial charge is 0.416 e. The van der Waals surface area contributed by atoms with Crippen LogP contribution in [0.4, 0.5) is 18.9 Å². The van der Waals surface area contributed by atoms with Crippen LogP contribution in [0.2, 0.25) is 0 Å². The Hall–Kier alpha value is -2.31. The number of nitrogens with zero attached hydrogens (tertiary/aromatic N) is 1. The molecular weight excluding hydrogens is 433 g/mol. The van der Waals surface area contributed by atoms with Gasteiger partial charge in [-0.3, -0.25) is 4.72 Å². The second-order valence-corrected chi connectivity index (χ2v) is 10.0. The van der Waals surface area contributed by atoms with Crippen LogP contribution in [0.3, 0.4) is 0 Å². The number of halogens is 3. The Labute approximate surface area is 165 Å². The van der Waals surface area contributed by atoms with E-state index >= 15 is 0 Å². The number of hydrogen-bond donors (Lipinski definition) is 2. The third-order valence-electron chi connectivity index (χ3n) is 4.39. The molecule has 1 heterocycles. The molecule has 2 aromatic carbocycles. The van der Waals surface area contributed by atoms with E-state index < -0.39 is 48.1 Å². The molecule has 1 aliphatic heterocycles. The molecule has 0 saturated carbocycles. The number of rotatable bonds is 5. The van der Waals surface area contributed by atoms with Gasteiger partial charge in [0.15, 0.2) is 0 Å². The molecule has 2 N–H and O–H groups in total. The Morgan fingerprint density at radius 2 is 1.59 bits per heavy atom. The molecule has 1 aliphatic rings. The monoisotopic (exact) mass is 450 g/mol. The highest BCUT2D eigenvalue weighted by Crippen LogP contribution is 2.33. The van der Waals surface area contributed by atoms with Crippen molar-refractivity contribution in [3.63, 3.8) is 0 Å². The number of phenols is 1. The van der Waals surface area contributed by atoms with E-state index in [0.717, 1.165) is 36.4 Å². The van der Waals surface area contributed by atoms with E-state index in [1.54, 1.807) is 0 Å². The van der Waals surface area contributed by atoms with Crippen LogP contribution in [0.1, 0.15) is 18.4 Å². The normalized spacial score (nSPS) is 16.1. The molecule has 2 aromatic rings. The molecule has 0 aromatic heterocycles. The molecule has 1 fully saturated rings. The highest BCUT2D eigenvalue weighted by Gasteiger charge is 2.32. The predicted molar refractivity (Wildman–Crippen MR) is 98.4 cm³/mol. The zero-order chi connectivity index (χ0) is 21.4. The summed E-state index contributed by atoms with van der Waals surface area (Å²) < 4.78 is 92.0. The molecule has 7 nitrogen and oxygen atoms in total. The number of benzene rings is 2. The first-order valence-corrected chi connectivity index (χ1v) is 11.4. The van der Waals surface area contributed by atoms with Gasteiger partial charge in [-0.25, -0.2) is 16.8 Å². The second-order valence-electron chi connectivity index (χ2n) is 6.42. The minimum atomic E-state index is -4.74. The van der Waals surface area contributed by atoms with E-state index in [1.165, 1.54) is 4.31 Å². The molecule has 0 aliphatic carbocycles. The first kappa shape index (κ1) is 21.4. The number of aromatic hydroxyl groups is 1. The summed E-state index contributed by atoms with van der Waals surface area (Å²) in [7, 11) is -8.40. The molecule has 1 saturated heterocycles. The van der Waals surface area contributed by atoms with E-state index in [4.69, 9.17) is 0 Å². The number of nitrogens with one attached hydrogen (secondary N) is 1. The summed E-state index contributed by atoms with van der Waals surface area (Å²) in [6, 6.07) is 6.14. The maximum atomic E-state index is 12.9. The van der Waals surface area contributed by atoms with Crippen LogP contribution in [0.5, 0.6) is 5.75 Å². The number of phenolic OH excluding ortho intramolecular Hbond substituents is 1. The average Bonchev–Trinajstić information content (AvgIpc) is 3.18. The number of anilines is 1. The van der Waals surface area contributed by atoms with Crippen molar-refractivity contribution in [2.45, 2.75) is 28.8 Å². The van der Waals surface area contributed by atoms with Gasteiger partial charge in [0.1, 0.15) is 5.75 Å². The largest absolute Gasteiger partial charge is 0.506 e. The van der Waals surface area contributed by atoms with E-state index in [-0.39, 0.29) is 4.90 Å². The standard InChI is InChI=1S/C17H17F3N2O5S2/c18-17(19,20)12-4-3-5-13(10-12)28(24,25)21-15-11-14(6-7-16(15)23)29(26,27)22-8-1-2-9-22/h3-7,10-11,21,23H,1-2,8-9H2. The van der Waals surface area contributed by atoms with Crippen molar-refractivity contribution in [1.29, 1.82) is 0 Å². The number of sulfonamides is 2. The summed E-state index contributed by atoms with van der Waals surface area (Å²) in [4.78, 5) is -0.918. The fraction of sp³-hybridized carbons (Fsp3) is 0.294. The Kier molecular flexibility index (Phi) is 5.54. The van der Waals surface area contributed by atoms with Crippen LogP contribution >= 0.6 is 0 Å². The third kappa shape index (κ3) is 4.49. The van der Waals surface area contributed by atoms with Crippen molar-refractivity contribution in [3.8, 4) is 5.75 Å². The van der Waals surface area contributed by atoms with E-state index in [2.05, 4.69) is 0 Å². The summed E-state index contributed by atoms with van der Waals surface area (Å²) in [5.41, 5.74) is -1.61. The third-order valence-corrected chi connectivity index (χ3v) is 7.64. The minimum Gasteiger partial charge on any atom is -0.506 e. The van der Waals surface area contributed by atoms with Crippen LogP contribution in [-0.4, -0.2) is 39.3 Å². The lowest BCUT2D eigenvalue weighted by Crippen LogP contribution is -2.28. The van der Waals surface area contributed by atoms with Crippen molar-refractivity contribution in [3.05, 3.63) is 48.0 Å². The SMILES string of the molecule is O=S(=O)(Nc1cc(S(=O)(=O)N2CCCC2)ccc1O)c1cccc(C(F)(F)F)c1. The topological polar surface area (TPSA) is 104 Å². The van der Waals surface area contributed by atoms with Gasteiger partial charge in [0.05, 0.1) is 21.0 Å². The quantitative estimate of drug-likeness (QED) is 0.682. The second kappa shape index (κ2) is 7.50. The summed E-state index contributed by atoms with van der Waals surface area (Å²) in [6.45, 7) is 0.656. The van der Waals surface area contributed by atoms with E-state index in [1.807, 2.05) is 4.72 Å². The fourth-order valence-electron chi connectivity index (χ4n) is 2.88. The highest BCUT2D eigenvalue weighted by atomic mass is 32.2. The Bertz CT molecular complexity index is 1130. The Morgan fingerprint density at radius 1 is 0.931 bits per heavy atom. The molecule has 0 unspecified atom stereocenters. The molecule has 29 heavy (non-hydrogen) atoms. The van der Waals surface area contributed by atoms with Gasteiger partial charge in [0, 0.05) is 13.1 Å². The maximum Gasteiger partial charge on any atom is 0.416 e. The molecule has 158 valence electrons. The van der Waals surface area contributed by atoms with Crippen molar-refractivity contribution in [1.82, 2.24) is 4.31 Å². The van der Waals surface area contributed by atoms with Gasteiger partial charge in [0.2, 0.25) is 10.0 Å². The first-order chi connectivity index (χ1) is 13.4. The fourth-order valence-corrected chi connectivity index (χ4v) is 5.53. The zero-order valence-corrected chi connectivity index (χ0v) is 16.5. The van der Waals surface area contributed by atoms with Crippen LogP contribution in [0, 0.1) is 0 Å². The molecule has 0 bridgehead atoms. The van der Waals surface area contributed by atoms with E-state index in [9.17, 15) is 35.1 Å². The first-order valence-electron chi connectivity index (χ1n) is 8.44. The van der Waals surface area contributed by atoms with Gasteiger partial charge in [-0.15, -0.1) is 0 Å². The summed E-state index contributed by atoms with van der Waals surface area (Å²) in [6.07, 6.45) is -3.34. The van der Waals surface area contributed by atoms with Crippen molar-refractivity contribution in [2.75, 3.05) is 17.8 Å². The lowest BCUT2D eigenvalue weighted by atomic mass is 10.2. The van der Waals surface area contributed by atoms with Gasteiger partial charge < -0.3 is 5.11 Å². The predicted octanol–water partition coefficient (Wildman–Crippen LogP) is 3.00. The van der Waals surface area contributed by atoms with Crippen LogP contribution in [0.25, 0.3) is 0 Å². The Balaban J connectivity index is 1.96. The van der Waals surface area contributed by atoms with Gasteiger partial charge in [-0.2, -0.15) is 17.5 Å². The van der Waals surface area contributed by atoms with Crippen molar-refractivity contribution >= 4 is 25.7 Å². The van der Waals surface area contributed by atoms with Crippen molar-refractivity contribution in [2.24, 2.45) is 0 Å². The maximum absolute atomic E-state index is 12.9. The summed E-state index contributed by atoms with van der Waals surface area (Å²) in [5.74, 6) is -0.569. The molecular formula is C17H17F3N2O5S2.